The summed E-state index contributed by atoms with van der Waals surface area (Å²) in [6, 6.07) is 13.6. The first kappa shape index (κ1) is 20.4. The second kappa shape index (κ2) is 8.19. The van der Waals surface area contributed by atoms with E-state index in [4.69, 9.17) is 32.3 Å². The maximum absolute atomic E-state index is 14.1. The molecule has 0 aliphatic carbocycles. The predicted molar refractivity (Wildman–Crippen MR) is 121 cm³/mol. The number of ether oxygens (including phenoxy) is 1. The highest BCUT2D eigenvalue weighted by atomic mass is 35.5. The van der Waals surface area contributed by atoms with Crippen molar-refractivity contribution in [2.75, 3.05) is 30.3 Å². The third-order valence-corrected chi connectivity index (χ3v) is 5.80. The molecule has 9 heteroatoms. The minimum absolute atomic E-state index is 0.0216. The first-order valence-corrected chi connectivity index (χ1v) is 10.4. The molecule has 1 unspecified atom stereocenters. The van der Waals surface area contributed by atoms with Crippen molar-refractivity contribution in [2.24, 2.45) is 4.99 Å². The first-order chi connectivity index (χ1) is 15.5. The number of nitrogens with two attached hydrogens (primary N) is 1. The highest BCUT2D eigenvalue weighted by molar-refractivity contribution is 6.31. The second-order valence-electron chi connectivity index (χ2n) is 7.63. The number of aromatic nitrogens is 2. The molecule has 2 aliphatic rings. The minimum atomic E-state index is -0.603. The molecule has 32 heavy (non-hydrogen) atoms. The van der Waals surface area contributed by atoms with Gasteiger partial charge in [-0.15, -0.1) is 0 Å². The topological polar surface area (TPSA) is 100 Å². The van der Waals surface area contributed by atoms with Crippen LogP contribution in [0.5, 0.6) is 0 Å². The average molecular weight is 449 g/mol. The Morgan fingerprint density at radius 1 is 1.19 bits per heavy atom. The molecule has 160 valence electrons. The van der Waals surface area contributed by atoms with Gasteiger partial charge in [0.2, 0.25) is 5.95 Å². The summed E-state index contributed by atoms with van der Waals surface area (Å²) in [7, 11) is 0. The highest BCUT2D eigenvalue weighted by Crippen LogP contribution is 2.32. The van der Waals surface area contributed by atoms with Crippen LogP contribution >= 0.6 is 11.6 Å². The number of morpholine rings is 1. The van der Waals surface area contributed by atoms with E-state index in [9.17, 15) is 4.39 Å². The SMILES string of the molecule is N#Cc1ccc(-c2cc(N3CCOC(C4=Nc5cc(Cl)ccc5C4)C3)nc(N)n2)cc1F. The third kappa shape index (κ3) is 3.88. The van der Waals surface area contributed by atoms with Crippen LogP contribution in [0.4, 0.5) is 21.8 Å². The van der Waals surface area contributed by atoms with Gasteiger partial charge in [0.15, 0.2) is 0 Å². The van der Waals surface area contributed by atoms with Crippen LogP contribution in [0.1, 0.15) is 11.1 Å². The van der Waals surface area contributed by atoms with Crippen molar-refractivity contribution in [3.63, 3.8) is 0 Å². The predicted octanol–water partition coefficient (Wildman–Crippen LogP) is 3.92. The van der Waals surface area contributed by atoms with E-state index in [0.29, 0.717) is 48.2 Å². The van der Waals surface area contributed by atoms with Crippen LogP contribution in [0.25, 0.3) is 11.3 Å². The quantitative estimate of drug-likeness (QED) is 0.651. The number of hydrogen-bond acceptors (Lipinski definition) is 7. The van der Waals surface area contributed by atoms with Crippen LogP contribution in [0.15, 0.2) is 47.5 Å². The van der Waals surface area contributed by atoms with Gasteiger partial charge in [0.25, 0.3) is 0 Å². The van der Waals surface area contributed by atoms with Crippen LogP contribution in [-0.2, 0) is 11.2 Å². The zero-order valence-electron chi connectivity index (χ0n) is 16.9. The zero-order chi connectivity index (χ0) is 22.2. The van der Waals surface area contributed by atoms with Gasteiger partial charge < -0.3 is 15.4 Å². The van der Waals surface area contributed by atoms with Gasteiger partial charge in [-0.2, -0.15) is 10.2 Å². The summed E-state index contributed by atoms with van der Waals surface area (Å²) in [6.07, 6.45) is 0.522. The number of aliphatic imine (C=N–C) groups is 1. The fourth-order valence-electron chi connectivity index (χ4n) is 3.95. The summed E-state index contributed by atoms with van der Waals surface area (Å²) >= 11 is 6.09. The first-order valence-electron chi connectivity index (χ1n) is 10.1. The standard InChI is InChI=1S/C23H18ClFN6O/c24-16-4-3-14-8-20(28-18(14)9-16)21-12-31(5-6-32-21)22-10-19(29-23(27)30-22)13-1-2-15(11-26)17(25)7-13/h1-4,7,9-10,21H,5-6,8,12H2,(H2,27,29,30). The molecule has 3 aromatic rings. The van der Waals surface area contributed by atoms with Crippen molar-refractivity contribution in [3.05, 3.63) is 64.4 Å². The van der Waals surface area contributed by atoms with E-state index in [2.05, 4.69) is 14.9 Å². The van der Waals surface area contributed by atoms with Crippen molar-refractivity contribution in [1.29, 1.82) is 5.26 Å². The number of rotatable bonds is 3. The maximum Gasteiger partial charge on any atom is 0.222 e. The molecular formula is C23H18ClFN6O. The lowest BCUT2D eigenvalue weighted by Crippen LogP contribution is -2.46. The fourth-order valence-corrected chi connectivity index (χ4v) is 4.12. The average Bonchev–Trinajstić information content (AvgIpc) is 3.22. The van der Waals surface area contributed by atoms with Gasteiger partial charge >= 0.3 is 0 Å². The molecule has 1 aromatic heterocycles. The lowest BCUT2D eigenvalue weighted by molar-refractivity contribution is 0.0829. The van der Waals surface area contributed by atoms with Crippen LogP contribution < -0.4 is 10.6 Å². The minimum Gasteiger partial charge on any atom is -0.369 e. The molecule has 1 saturated heterocycles. The van der Waals surface area contributed by atoms with E-state index in [1.54, 1.807) is 12.1 Å². The van der Waals surface area contributed by atoms with Gasteiger partial charge in [0.1, 0.15) is 23.8 Å². The Bertz CT molecular complexity index is 1290. The number of halogens is 2. The van der Waals surface area contributed by atoms with E-state index < -0.39 is 5.82 Å². The molecule has 0 amide bonds. The largest absolute Gasteiger partial charge is 0.369 e. The number of benzene rings is 2. The second-order valence-corrected chi connectivity index (χ2v) is 8.07. The molecule has 2 aromatic carbocycles. The molecule has 5 rings (SSSR count). The molecule has 0 spiro atoms. The normalized spacial score (nSPS) is 17.6. The summed E-state index contributed by atoms with van der Waals surface area (Å²) in [5.74, 6) is 0.115. The molecule has 2 N–H and O–H groups in total. The molecule has 2 aliphatic heterocycles. The van der Waals surface area contributed by atoms with Crippen molar-refractivity contribution < 1.29 is 9.13 Å². The molecular weight excluding hydrogens is 431 g/mol. The van der Waals surface area contributed by atoms with E-state index in [0.717, 1.165) is 17.0 Å². The van der Waals surface area contributed by atoms with Gasteiger partial charge in [-0.1, -0.05) is 23.7 Å². The lowest BCUT2D eigenvalue weighted by atomic mass is 10.1. The molecule has 0 saturated carbocycles. The Labute approximate surface area is 188 Å². The monoisotopic (exact) mass is 448 g/mol. The van der Waals surface area contributed by atoms with Gasteiger partial charge in [-0.3, -0.25) is 4.99 Å². The Morgan fingerprint density at radius 2 is 2.06 bits per heavy atom. The summed E-state index contributed by atoms with van der Waals surface area (Å²) in [5.41, 5.74) is 9.90. The highest BCUT2D eigenvalue weighted by Gasteiger charge is 2.29. The zero-order valence-corrected chi connectivity index (χ0v) is 17.7. The van der Waals surface area contributed by atoms with Crippen molar-refractivity contribution in [2.45, 2.75) is 12.5 Å². The van der Waals surface area contributed by atoms with Gasteiger partial charge in [-0.05, 0) is 29.8 Å². The molecule has 0 bridgehead atoms. The van der Waals surface area contributed by atoms with Crippen LogP contribution in [0, 0.1) is 17.1 Å². The van der Waals surface area contributed by atoms with Gasteiger partial charge in [0.05, 0.1) is 35.8 Å². The molecule has 1 atom stereocenters. The third-order valence-electron chi connectivity index (χ3n) is 5.56. The van der Waals surface area contributed by atoms with Crippen LogP contribution in [0.2, 0.25) is 5.02 Å². The number of hydrogen-bond donors (Lipinski definition) is 1. The number of anilines is 2. The van der Waals surface area contributed by atoms with E-state index in [-0.39, 0.29) is 17.6 Å². The summed E-state index contributed by atoms with van der Waals surface area (Å²) in [5, 5.41) is 9.61. The Balaban J connectivity index is 1.40. The molecule has 0 radical (unpaired) electrons. The fraction of sp³-hybridized carbons (Fsp3) is 0.217. The van der Waals surface area contributed by atoms with Crippen molar-refractivity contribution in [3.8, 4) is 17.3 Å². The van der Waals surface area contributed by atoms with Gasteiger partial charge in [-0.25, -0.2) is 9.37 Å². The molecule has 7 nitrogen and oxygen atoms in total. The van der Waals surface area contributed by atoms with Crippen LogP contribution in [0.3, 0.4) is 0 Å². The number of nitrogens with zero attached hydrogens (tertiary/aromatic N) is 5. The van der Waals surface area contributed by atoms with E-state index >= 15 is 0 Å². The van der Waals surface area contributed by atoms with Gasteiger partial charge in [0, 0.05) is 29.6 Å². The summed E-state index contributed by atoms with van der Waals surface area (Å²) in [6.45, 7) is 1.68. The van der Waals surface area contributed by atoms with Crippen molar-refractivity contribution >= 4 is 34.8 Å². The van der Waals surface area contributed by atoms with E-state index in [1.165, 1.54) is 12.1 Å². The smallest absolute Gasteiger partial charge is 0.222 e. The van der Waals surface area contributed by atoms with Crippen LogP contribution in [-0.4, -0.2) is 41.5 Å². The number of nitrogen functional groups attached to an aromatic ring is 1. The molecule has 1 fully saturated rings. The van der Waals surface area contributed by atoms with Crippen molar-refractivity contribution in [1.82, 2.24) is 9.97 Å². The summed E-state index contributed by atoms with van der Waals surface area (Å²) in [4.78, 5) is 15.4. The maximum atomic E-state index is 14.1. The Morgan fingerprint density at radius 3 is 2.88 bits per heavy atom. The van der Waals surface area contributed by atoms with E-state index in [1.807, 2.05) is 24.3 Å². The molecule has 3 heterocycles. The number of fused-ring (bicyclic) bond motifs is 1. The lowest BCUT2D eigenvalue weighted by Gasteiger charge is -2.34. The Hall–Kier alpha value is -3.54. The number of nitriles is 1. The summed E-state index contributed by atoms with van der Waals surface area (Å²) < 4.78 is 20.1. The Kier molecular flexibility index (Phi) is 5.21.